The maximum atomic E-state index is 11.6. The number of piperazine rings is 1. The van der Waals surface area contributed by atoms with Crippen LogP contribution in [0.5, 0.6) is 0 Å². The largest absolute Gasteiger partial charge is 0.419 e. The number of aromatic nitrogens is 1. The molecule has 5 nitrogen and oxygen atoms in total. The van der Waals surface area contributed by atoms with E-state index in [1.54, 1.807) is 11.6 Å². The second-order valence-corrected chi connectivity index (χ2v) is 4.84. The van der Waals surface area contributed by atoms with Crippen molar-refractivity contribution in [3.63, 3.8) is 0 Å². The van der Waals surface area contributed by atoms with Gasteiger partial charge in [0.2, 0.25) is 0 Å². The minimum atomic E-state index is -0.299. The normalized spacial score (nSPS) is 17.6. The van der Waals surface area contributed by atoms with Crippen molar-refractivity contribution in [1.29, 1.82) is 0 Å². The van der Waals surface area contributed by atoms with Crippen LogP contribution in [0.2, 0.25) is 0 Å². The van der Waals surface area contributed by atoms with Crippen LogP contribution in [0, 0.1) is 0 Å². The quantitative estimate of drug-likeness (QED) is 0.750. The number of fused-ring (bicyclic) bond motifs is 1. The van der Waals surface area contributed by atoms with Crippen molar-refractivity contribution in [3.8, 4) is 0 Å². The van der Waals surface area contributed by atoms with Gasteiger partial charge in [-0.05, 0) is 19.2 Å². The van der Waals surface area contributed by atoms with Crippen LogP contribution >= 0.6 is 0 Å². The molecule has 5 heteroatoms. The molecule has 2 aromatic rings. The van der Waals surface area contributed by atoms with Crippen molar-refractivity contribution < 1.29 is 4.42 Å². The zero-order valence-corrected chi connectivity index (χ0v) is 10.7. The van der Waals surface area contributed by atoms with E-state index in [9.17, 15) is 4.79 Å². The Morgan fingerprint density at radius 3 is 2.56 bits per heavy atom. The zero-order chi connectivity index (χ0) is 12.7. The summed E-state index contributed by atoms with van der Waals surface area (Å²) in [6.45, 7) is 4.00. The Balaban J connectivity index is 2.07. The van der Waals surface area contributed by atoms with Gasteiger partial charge in [0, 0.05) is 33.2 Å². The van der Waals surface area contributed by atoms with E-state index in [1.807, 2.05) is 18.2 Å². The summed E-state index contributed by atoms with van der Waals surface area (Å²) < 4.78 is 6.91. The highest BCUT2D eigenvalue weighted by Crippen LogP contribution is 2.26. The van der Waals surface area contributed by atoms with Gasteiger partial charge in [-0.15, -0.1) is 0 Å². The maximum Gasteiger partial charge on any atom is 0.419 e. The maximum absolute atomic E-state index is 11.6. The molecule has 1 aromatic heterocycles. The molecule has 0 spiro atoms. The number of hydrogen-bond donors (Lipinski definition) is 0. The molecule has 0 saturated carbocycles. The van der Waals surface area contributed by atoms with Gasteiger partial charge in [-0.25, -0.2) is 4.79 Å². The third kappa shape index (κ3) is 1.71. The summed E-state index contributed by atoms with van der Waals surface area (Å²) in [5.74, 6) is -0.299. The van der Waals surface area contributed by atoms with Gasteiger partial charge in [-0.1, -0.05) is 6.07 Å². The van der Waals surface area contributed by atoms with Crippen LogP contribution in [0.3, 0.4) is 0 Å². The minimum Gasteiger partial charge on any atom is -0.405 e. The fourth-order valence-electron chi connectivity index (χ4n) is 2.43. The van der Waals surface area contributed by atoms with Crippen LogP contribution in [0.4, 0.5) is 5.69 Å². The highest BCUT2D eigenvalue weighted by Gasteiger charge is 2.19. The van der Waals surface area contributed by atoms with Crippen LogP contribution in [0.1, 0.15) is 0 Å². The number of hydrogen-bond acceptors (Lipinski definition) is 4. The first-order valence-electron chi connectivity index (χ1n) is 6.19. The van der Waals surface area contributed by atoms with Crippen molar-refractivity contribution in [2.45, 2.75) is 0 Å². The molecular weight excluding hydrogens is 230 g/mol. The molecule has 96 valence electrons. The number of para-hydroxylation sites is 1. The minimum absolute atomic E-state index is 0.299. The van der Waals surface area contributed by atoms with Crippen LogP contribution < -0.4 is 10.7 Å². The molecule has 0 aliphatic carbocycles. The second kappa shape index (κ2) is 4.17. The Labute approximate surface area is 105 Å². The number of rotatable bonds is 1. The van der Waals surface area contributed by atoms with E-state index >= 15 is 0 Å². The number of aryl methyl sites for hydroxylation is 1. The molecule has 1 aliphatic heterocycles. The van der Waals surface area contributed by atoms with Gasteiger partial charge in [0.05, 0.1) is 11.2 Å². The van der Waals surface area contributed by atoms with E-state index in [0.29, 0.717) is 5.58 Å². The smallest absolute Gasteiger partial charge is 0.405 e. The summed E-state index contributed by atoms with van der Waals surface area (Å²) >= 11 is 0. The lowest BCUT2D eigenvalue weighted by Crippen LogP contribution is -2.44. The van der Waals surface area contributed by atoms with Gasteiger partial charge in [-0.2, -0.15) is 0 Å². The molecule has 1 aromatic carbocycles. The van der Waals surface area contributed by atoms with Gasteiger partial charge in [0.15, 0.2) is 5.58 Å². The fourth-order valence-corrected chi connectivity index (χ4v) is 2.43. The van der Waals surface area contributed by atoms with E-state index in [1.165, 1.54) is 0 Å². The molecule has 3 rings (SSSR count). The van der Waals surface area contributed by atoms with Crippen LogP contribution in [0.25, 0.3) is 11.1 Å². The zero-order valence-electron chi connectivity index (χ0n) is 10.7. The third-order valence-electron chi connectivity index (χ3n) is 3.64. The summed E-state index contributed by atoms with van der Waals surface area (Å²) in [7, 11) is 3.86. The van der Waals surface area contributed by atoms with Crippen molar-refractivity contribution in [2.75, 3.05) is 38.1 Å². The van der Waals surface area contributed by atoms with Crippen LogP contribution in [-0.4, -0.2) is 42.7 Å². The third-order valence-corrected chi connectivity index (χ3v) is 3.64. The Morgan fingerprint density at radius 1 is 1.11 bits per heavy atom. The van der Waals surface area contributed by atoms with E-state index < -0.39 is 0 Å². The summed E-state index contributed by atoms with van der Waals surface area (Å²) in [5, 5.41) is 0. The average molecular weight is 247 g/mol. The fraction of sp³-hybridized carbons (Fsp3) is 0.462. The molecule has 1 saturated heterocycles. The first-order valence-corrected chi connectivity index (χ1v) is 6.19. The van der Waals surface area contributed by atoms with Crippen molar-refractivity contribution >= 4 is 16.8 Å². The summed E-state index contributed by atoms with van der Waals surface area (Å²) in [6, 6.07) is 5.92. The summed E-state index contributed by atoms with van der Waals surface area (Å²) in [6.07, 6.45) is 0. The summed E-state index contributed by atoms with van der Waals surface area (Å²) in [4.78, 5) is 16.2. The molecule has 0 atom stereocenters. The Hall–Kier alpha value is -1.75. The number of anilines is 1. The topological polar surface area (TPSA) is 41.6 Å². The highest BCUT2D eigenvalue weighted by atomic mass is 16.4. The lowest BCUT2D eigenvalue weighted by Gasteiger charge is -2.33. The van der Waals surface area contributed by atoms with Crippen molar-refractivity contribution in [3.05, 3.63) is 28.7 Å². The molecule has 0 radical (unpaired) electrons. The predicted octanol–water partition coefficient (Wildman–Crippen LogP) is 0.883. The number of oxazole rings is 1. The van der Waals surface area contributed by atoms with E-state index in [2.05, 4.69) is 16.8 Å². The number of benzene rings is 1. The monoisotopic (exact) mass is 247 g/mol. The molecule has 0 N–H and O–H groups in total. The Bertz CT molecular complexity index is 621. The summed E-state index contributed by atoms with van der Waals surface area (Å²) in [5.41, 5.74) is 2.59. The van der Waals surface area contributed by atoms with Gasteiger partial charge in [0.1, 0.15) is 0 Å². The van der Waals surface area contributed by atoms with Crippen molar-refractivity contribution in [2.24, 2.45) is 7.05 Å². The molecule has 2 heterocycles. The lowest BCUT2D eigenvalue weighted by molar-refractivity contribution is 0.312. The molecule has 0 amide bonds. The lowest BCUT2D eigenvalue weighted by atomic mass is 10.2. The van der Waals surface area contributed by atoms with E-state index in [0.717, 1.165) is 37.4 Å². The number of nitrogens with zero attached hydrogens (tertiary/aromatic N) is 3. The van der Waals surface area contributed by atoms with E-state index in [-0.39, 0.29) is 5.76 Å². The van der Waals surface area contributed by atoms with Crippen molar-refractivity contribution in [1.82, 2.24) is 9.47 Å². The van der Waals surface area contributed by atoms with Gasteiger partial charge in [0.25, 0.3) is 0 Å². The molecule has 0 unspecified atom stereocenters. The number of likely N-dealkylation sites (N-methyl/N-ethyl adjacent to an activating group) is 1. The predicted molar refractivity (Wildman–Crippen MR) is 71.2 cm³/mol. The molecule has 0 bridgehead atoms. The van der Waals surface area contributed by atoms with Crippen LogP contribution in [-0.2, 0) is 7.05 Å². The first-order chi connectivity index (χ1) is 8.66. The standard InChI is InChI=1S/C13H17N3O2/c1-14-6-8-16(9-7-14)11-5-3-4-10-12(11)18-13(17)15(10)2/h3-5H,6-9H2,1-2H3. The molecule has 1 fully saturated rings. The SMILES string of the molecule is CN1CCN(c2cccc3c2oc(=O)n3C)CC1. The van der Waals surface area contributed by atoms with E-state index in [4.69, 9.17) is 4.42 Å². The molecule has 18 heavy (non-hydrogen) atoms. The average Bonchev–Trinajstić information content (AvgIpc) is 2.67. The highest BCUT2D eigenvalue weighted by molar-refractivity contribution is 5.87. The van der Waals surface area contributed by atoms with Crippen LogP contribution in [0.15, 0.2) is 27.4 Å². The Kier molecular flexibility index (Phi) is 2.63. The Morgan fingerprint density at radius 2 is 1.83 bits per heavy atom. The second-order valence-electron chi connectivity index (χ2n) is 4.84. The van der Waals surface area contributed by atoms with Gasteiger partial charge < -0.3 is 14.2 Å². The van der Waals surface area contributed by atoms with Gasteiger partial charge in [-0.3, -0.25) is 4.57 Å². The van der Waals surface area contributed by atoms with Gasteiger partial charge >= 0.3 is 5.76 Å². The first kappa shape index (κ1) is 11.3. The molecular formula is C13H17N3O2. The molecule has 1 aliphatic rings.